The molecule has 4 nitrogen and oxygen atoms in total. The van der Waals surface area contributed by atoms with Crippen LogP contribution in [0, 0.1) is 0 Å². The number of piperazine rings is 1. The van der Waals surface area contributed by atoms with E-state index in [0.29, 0.717) is 0 Å². The second kappa shape index (κ2) is 4.99. The van der Waals surface area contributed by atoms with Crippen molar-refractivity contribution >= 4 is 23.6 Å². The summed E-state index contributed by atoms with van der Waals surface area (Å²) in [4.78, 5) is 24.8. The van der Waals surface area contributed by atoms with E-state index in [9.17, 15) is 22.8 Å². The Bertz CT molecular complexity index is 358. The monoisotopic (exact) mass is 284 g/mol. The van der Waals surface area contributed by atoms with Gasteiger partial charge in [-0.1, -0.05) is 0 Å². The Morgan fingerprint density at radius 3 is 2.44 bits per heavy atom. The molecule has 18 heavy (non-hydrogen) atoms. The molecular formula is C10H15F3N2O2S. The summed E-state index contributed by atoms with van der Waals surface area (Å²) >= 11 is -0.193. The van der Waals surface area contributed by atoms with Crippen LogP contribution in [0.2, 0.25) is 0 Å². The number of nitrogens with zero attached hydrogens (tertiary/aromatic N) is 1. The highest BCUT2D eigenvalue weighted by Crippen LogP contribution is 2.30. The van der Waals surface area contributed by atoms with Gasteiger partial charge in [0, 0.05) is 12.3 Å². The van der Waals surface area contributed by atoms with Crippen LogP contribution in [0.1, 0.15) is 20.8 Å². The lowest BCUT2D eigenvalue weighted by atomic mass is 9.97. The molecule has 1 unspecified atom stereocenters. The maximum atomic E-state index is 12.0. The molecule has 1 N–H and O–H groups in total. The zero-order chi connectivity index (χ0) is 14.1. The average molecular weight is 284 g/mol. The average Bonchev–Trinajstić information content (AvgIpc) is 2.18. The molecule has 1 aliphatic rings. The lowest BCUT2D eigenvalue weighted by molar-refractivity contribution is -0.152. The van der Waals surface area contributed by atoms with E-state index in [1.54, 1.807) is 0 Å². The Labute approximate surface area is 107 Å². The number of hydrogen-bond acceptors (Lipinski definition) is 3. The Morgan fingerprint density at radius 2 is 1.94 bits per heavy atom. The van der Waals surface area contributed by atoms with Crippen molar-refractivity contribution in [3.8, 4) is 0 Å². The number of halogens is 3. The van der Waals surface area contributed by atoms with Gasteiger partial charge in [0.2, 0.25) is 11.8 Å². The van der Waals surface area contributed by atoms with Gasteiger partial charge in [0.25, 0.3) is 0 Å². The number of rotatable bonds is 3. The molecule has 2 amide bonds. The predicted octanol–water partition coefficient (Wildman–Crippen LogP) is 1.36. The van der Waals surface area contributed by atoms with Crippen molar-refractivity contribution in [1.29, 1.82) is 0 Å². The number of amides is 2. The van der Waals surface area contributed by atoms with Crippen LogP contribution in [0.3, 0.4) is 0 Å². The van der Waals surface area contributed by atoms with Gasteiger partial charge in [-0.3, -0.25) is 9.59 Å². The van der Waals surface area contributed by atoms with E-state index in [0.717, 1.165) is 0 Å². The van der Waals surface area contributed by atoms with Gasteiger partial charge in [0.1, 0.15) is 11.6 Å². The standard InChI is InChI=1S/C10H15F3N2O2S/c1-6-7(16)14-9(2,3)8(17)15(6)4-5-18-10(11,12)13/h6H,4-5H2,1-3H3,(H,14,16). The van der Waals surface area contributed by atoms with Crippen molar-refractivity contribution in [2.75, 3.05) is 12.3 Å². The molecule has 1 fully saturated rings. The van der Waals surface area contributed by atoms with Crippen molar-refractivity contribution in [3.63, 3.8) is 0 Å². The lowest BCUT2D eigenvalue weighted by Gasteiger charge is -2.41. The lowest BCUT2D eigenvalue weighted by Crippen LogP contribution is -2.67. The third-order valence-electron chi connectivity index (χ3n) is 2.68. The topological polar surface area (TPSA) is 49.4 Å². The molecule has 1 saturated heterocycles. The van der Waals surface area contributed by atoms with Gasteiger partial charge >= 0.3 is 5.51 Å². The number of thioether (sulfide) groups is 1. The third kappa shape index (κ3) is 3.54. The number of carbonyl (C=O) groups excluding carboxylic acids is 2. The molecule has 104 valence electrons. The van der Waals surface area contributed by atoms with Crippen LogP contribution >= 0.6 is 11.8 Å². The molecule has 0 spiro atoms. The van der Waals surface area contributed by atoms with Gasteiger partial charge in [-0.25, -0.2) is 0 Å². The van der Waals surface area contributed by atoms with E-state index in [1.165, 1.54) is 25.7 Å². The normalized spacial score (nSPS) is 24.1. The molecule has 1 rings (SSSR count). The predicted molar refractivity (Wildman–Crippen MR) is 61.9 cm³/mol. The second-order valence-corrected chi connectivity index (χ2v) is 5.74. The van der Waals surface area contributed by atoms with Crippen LogP contribution in [0.5, 0.6) is 0 Å². The summed E-state index contributed by atoms with van der Waals surface area (Å²) in [6.45, 7) is 4.47. The quantitative estimate of drug-likeness (QED) is 0.851. The zero-order valence-electron chi connectivity index (χ0n) is 10.3. The Balaban J connectivity index is 2.67. The van der Waals surface area contributed by atoms with E-state index >= 15 is 0 Å². The van der Waals surface area contributed by atoms with Crippen molar-refractivity contribution < 1.29 is 22.8 Å². The molecule has 1 atom stereocenters. The van der Waals surface area contributed by atoms with Gasteiger partial charge in [-0.05, 0) is 32.5 Å². The minimum Gasteiger partial charge on any atom is -0.340 e. The fourth-order valence-corrected chi connectivity index (χ4v) is 2.22. The van der Waals surface area contributed by atoms with Gasteiger partial charge in [-0.2, -0.15) is 13.2 Å². The minimum atomic E-state index is -4.32. The molecule has 0 aromatic carbocycles. The van der Waals surface area contributed by atoms with Crippen molar-refractivity contribution in [2.24, 2.45) is 0 Å². The van der Waals surface area contributed by atoms with E-state index in [1.807, 2.05) is 0 Å². The summed E-state index contributed by atoms with van der Waals surface area (Å²) in [5.74, 6) is -0.989. The van der Waals surface area contributed by atoms with E-state index in [-0.39, 0.29) is 35.9 Å². The number of nitrogens with one attached hydrogen (secondary N) is 1. The highest BCUT2D eigenvalue weighted by molar-refractivity contribution is 8.00. The molecule has 0 aromatic rings. The smallest absolute Gasteiger partial charge is 0.340 e. The first kappa shape index (κ1) is 15.1. The van der Waals surface area contributed by atoms with Crippen LogP contribution < -0.4 is 5.32 Å². The van der Waals surface area contributed by atoms with Crippen LogP contribution in [-0.4, -0.2) is 46.1 Å². The molecule has 0 aliphatic carbocycles. The maximum Gasteiger partial charge on any atom is 0.441 e. The Hall–Kier alpha value is -0.920. The number of alkyl halides is 3. The molecule has 8 heteroatoms. The molecule has 0 bridgehead atoms. The SMILES string of the molecule is CC1C(=O)NC(C)(C)C(=O)N1CCSC(F)(F)F. The summed E-state index contributed by atoms with van der Waals surface area (Å²) in [7, 11) is 0. The summed E-state index contributed by atoms with van der Waals surface area (Å²) in [5, 5.41) is 2.53. The highest BCUT2D eigenvalue weighted by atomic mass is 32.2. The summed E-state index contributed by atoms with van der Waals surface area (Å²) in [6, 6.07) is -0.737. The van der Waals surface area contributed by atoms with Crippen LogP contribution in [-0.2, 0) is 9.59 Å². The van der Waals surface area contributed by atoms with E-state index < -0.39 is 17.1 Å². The van der Waals surface area contributed by atoms with Gasteiger partial charge in [0.05, 0.1) is 0 Å². The van der Waals surface area contributed by atoms with Crippen LogP contribution in [0.4, 0.5) is 13.2 Å². The second-order valence-electron chi connectivity index (χ2n) is 4.58. The largest absolute Gasteiger partial charge is 0.441 e. The maximum absolute atomic E-state index is 12.0. The molecule has 0 radical (unpaired) electrons. The van der Waals surface area contributed by atoms with E-state index in [4.69, 9.17) is 0 Å². The van der Waals surface area contributed by atoms with Crippen LogP contribution in [0.15, 0.2) is 0 Å². The van der Waals surface area contributed by atoms with Gasteiger partial charge in [0.15, 0.2) is 0 Å². The zero-order valence-corrected chi connectivity index (χ0v) is 11.1. The number of carbonyl (C=O) groups is 2. The fourth-order valence-electron chi connectivity index (χ4n) is 1.70. The molecular weight excluding hydrogens is 269 g/mol. The fraction of sp³-hybridized carbons (Fsp3) is 0.800. The van der Waals surface area contributed by atoms with E-state index in [2.05, 4.69) is 5.32 Å². The first-order valence-corrected chi connectivity index (χ1v) is 6.37. The van der Waals surface area contributed by atoms with Gasteiger partial charge in [-0.15, -0.1) is 0 Å². The number of hydrogen-bond donors (Lipinski definition) is 1. The third-order valence-corrected chi connectivity index (χ3v) is 3.39. The van der Waals surface area contributed by atoms with Crippen molar-refractivity contribution in [3.05, 3.63) is 0 Å². The first-order chi connectivity index (χ1) is 8.04. The Morgan fingerprint density at radius 1 is 1.39 bits per heavy atom. The van der Waals surface area contributed by atoms with Gasteiger partial charge < -0.3 is 10.2 Å². The molecule has 0 saturated carbocycles. The molecule has 1 heterocycles. The highest BCUT2D eigenvalue weighted by Gasteiger charge is 2.43. The Kier molecular flexibility index (Phi) is 4.19. The van der Waals surface area contributed by atoms with Crippen molar-refractivity contribution in [2.45, 2.75) is 37.9 Å². The minimum absolute atomic E-state index is 0.0962. The first-order valence-electron chi connectivity index (χ1n) is 5.38. The molecule has 0 aromatic heterocycles. The van der Waals surface area contributed by atoms with Crippen molar-refractivity contribution in [1.82, 2.24) is 10.2 Å². The summed E-state index contributed by atoms with van der Waals surface area (Å²) in [5.41, 5.74) is -5.38. The summed E-state index contributed by atoms with van der Waals surface area (Å²) in [6.07, 6.45) is 0. The van der Waals surface area contributed by atoms with Crippen LogP contribution in [0.25, 0.3) is 0 Å². The molecule has 1 aliphatic heterocycles. The summed E-state index contributed by atoms with van der Waals surface area (Å²) < 4.78 is 36.0.